The van der Waals surface area contributed by atoms with Gasteiger partial charge in [0.2, 0.25) is 0 Å². The summed E-state index contributed by atoms with van der Waals surface area (Å²) in [5.74, 6) is 0.266. The molecule has 0 fully saturated rings. The van der Waals surface area contributed by atoms with Gasteiger partial charge in [-0.05, 0) is 35.9 Å². The first-order valence-corrected chi connectivity index (χ1v) is 6.18. The third kappa shape index (κ3) is 2.71. The number of aliphatic hydroxyl groups excluding tert-OH is 1. The van der Waals surface area contributed by atoms with Crippen molar-refractivity contribution in [1.29, 1.82) is 0 Å². The summed E-state index contributed by atoms with van der Waals surface area (Å²) < 4.78 is 18.9. The minimum atomic E-state index is -0.849. The number of ether oxygens (including phenoxy) is 1. The van der Waals surface area contributed by atoms with E-state index in [0.29, 0.717) is 16.9 Å². The molecule has 0 aliphatic heterocycles. The van der Waals surface area contributed by atoms with Crippen molar-refractivity contribution < 1.29 is 14.2 Å². The summed E-state index contributed by atoms with van der Waals surface area (Å²) in [4.78, 5) is 0. The predicted octanol–water partition coefficient (Wildman–Crippen LogP) is 3.68. The van der Waals surface area contributed by atoms with Crippen molar-refractivity contribution in [3.63, 3.8) is 0 Å². The fraction of sp³-hybridized carbons (Fsp3) is 0.143. The number of hydrogen-bond donors (Lipinski definition) is 1. The molecule has 0 spiro atoms. The van der Waals surface area contributed by atoms with Crippen LogP contribution in [0.25, 0.3) is 0 Å². The lowest BCUT2D eigenvalue weighted by molar-refractivity contribution is 0.214. The van der Waals surface area contributed by atoms with E-state index < -0.39 is 6.10 Å². The summed E-state index contributed by atoms with van der Waals surface area (Å²) in [6.07, 6.45) is -0.849. The third-order valence-electron chi connectivity index (χ3n) is 2.67. The standard InChI is InChI=1S/C14H12BrFO2/c1-18-13-7-4-10(15)8-12(13)14(17)9-2-5-11(16)6-3-9/h2-8,14,17H,1H3. The second-order valence-corrected chi connectivity index (χ2v) is 4.76. The molecule has 0 saturated heterocycles. The molecular formula is C14H12BrFO2. The van der Waals surface area contributed by atoms with Crippen LogP contribution in [0.15, 0.2) is 46.9 Å². The summed E-state index contributed by atoms with van der Waals surface area (Å²) in [7, 11) is 1.55. The van der Waals surface area contributed by atoms with Gasteiger partial charge in [-0.3, -0.25) is 0 Å². The molecule has 0 radical (unpaired) electrons. The van der Waals surface area contributed by atoms with Gasteiger partial charge in [0, 0.05) is 10.0 Å². The monoisotopic (exact) mass is 310 g/mol. The fourth-order valence-electron chi connectivity index (χ4n) is 1.74. The van der Waals surface area contributed by atoms with Crippen LogP contribution in [0.4, 0.5) is 4.39 Å². The van der Waals surface area contributed by atoms with Crippen LogP contribution < -0.4 is 4.74 Å². The Bertz CT molecular complexity index is 540. The smallest absolute Gasteiger partial charge is 0.125 e. The van der Waals surface area contributed by atoms with Crippen LogP contribution >= 0.6 is 15.9 Å². The van der Waals surface area contributed by atoms with Gasteiger partial charge in [0.1, 0.15) is 17.7 Å². The molecule has 0 bridgehead atoms. The summed E-state index contributed by atoms with van der Waals surface area (Å²) in [5.41, 5.74) is 1.26. The van der Waals surface area contributed by atoms with Crippen molar-refractivity contribution in [1.82, 2.24) is 0 Å². The van der Waals surface area contributed by atoms with Crippen molar-refractivity contribution in [2.45, 2.75) is 6.10 Å². The lowest BCUT2D eigenvalue weighted by Gasteiger charge is -2.15. The van der Waals surface area contributed by atoms with Crippen LogP contribution in [0, 0.1) is 5.82 Å². The minimum absolute atomic E-state index is 0.327. The normalized spacial score (nSPS) is 12.2. The molecule has 94 valence electrons. The van der Waals surface area contributed by atoms with Gasteiger partial charge in [-0.2, -0.15) is 0 Å². The number of aliphatic hydroxyl groups is 1. The maximum atomic E-state index is 12.8. The first kappa shape index (κ1) is 13.1. The zero-order valence-corrected chi connectivity index (χ0v) is 11.3. The van der Waals surface area contributed by atoms with Crippen LogP contribution in [0.2, 0.25) is 0 Å². The molecule has 2 aromatic rings. The van der Waals surface area contributed by atoms with Gasteiger partial charge < -0.3 is 9.84 Å². The second-order valence-electron chi connectivity index (χ2n) is 3.84. The van der Waals surface area contributed by atoms with E-state index in [0.717, 1.165) is 4.47 Å². The Morgan fingerprint density at radius 2 is 1.83 bits per heavy atom. The van der Waals surface area contributed by atoms with E-state index in [1.54, 1.807) is 31.4 Å². The molecule has 1 unspecified atom stereocenters. The van der Waals surface area contributed by atoms with Gasteiger partial charge >= 0.3 is 0 Å². The van der Waals surface area contributed by atoms with Crippen molar-refractivity contribution >= 4 is 15.9 Å². The average molecular weight is 311 g/mol. The van der Waals surface area contributed by atoms with Crippen molar-refractivity contribution in [2.24, 2.45) is 0 Å². The Balaban J connectivity index is 2.41. The number of benzene rings is 2. The zero-order valence-electron chi connectivity index (χ0n) is 9.73. The van der Waals surface area contributed by atoms with Crippen LogP contribution in [0.3, 0.4) is 0 Å². The number of methoxy groups -OCH3 is 1. The zero-order chi connectivity index (χ0) is 13.1. The highest BCUT2D eigenvalue weighted by Crippen LogP contribution is 2.32. The molecule has 2 nitrogen and oxygen atoms in total. The summed E-state index contributed by atoms with van der Waals surface area (Å²) in [6, 6.07) is 11.1. The van der Waals surface area contributed by atoms with E-state index in [2.05, 4.69) is 15.9 Å². The maximum absolute atomic E-state index is 12.8. The molecule has 0 heterocycles. The average Bonchev–Trinajstić information content (AvgIpc) is 2.39. The van der Waals surface area contributed by atoms with Crippen LogP contribution in [0.1, 0.15) is 17.2 Å². The van der Waals surface area contributed by atoms with E-state index in [-0.39, 0.29) is 5.82 Å². The highest BCUT2D eigenvalue weighted by Gasteiger charge is 2.15. The second kappa shape index (κ2) is 5.50. The number of halogens is 2. The molecule has 0 aromatic heterocycles. The summed E-state index contributed by atoms with van der Waals surface area (Å²) in [5, 5.41) is 10.3. The van der Waals surface area contributed by atoms with Crippen molar-refractivity contribution in [3.05, 3.63) is 63.9 Å². The number of hydrogen-bond acceptors (Lipinski definition) is 2. The van der Waals surface area contributed by atoms with Gasteiger partial charge in [-0.25, -0.2) is 4.39 Å². The maximum Gasteiger partial charge on any atom is 0.125 e. The SMILES string of the molecule is COc1ccc(Br)cc1C(O)c1ccc(F)cc1. The van der Waals surface area contributed by atoms with Crippen LogP contribution in [-0.2, 0) is 0 Å². The van der Waals surface area contributed by atoms with Gasteiger partial charge in [-0.15, -0.1) is 0 Å². The van der Waals surface area contributed by atoms with E-state index in [4.69, 9.17) is 4.74 Å². The molecular weight excluding hydrogens is 299 g/mol. The molecule has 0 saturated carbocycles. The molecule has 18 heavy (non-hydrogen) atoms. The van der Waals surface area contributed by atoms with E-state index in [1.807, 2.05) is 6.07 Å². The van der Waals surface area contributed by atoms with Crippen molar-refractivity contribution in [2.75, 3.05) is 7.11 Å². The number of rotatable bonds is 3. The van der Waals surface area contributed by atoms with Crippen LogP contribution in [0.5, 0.6) is 5.75 Å². The molecule has 0 aliphatic carbocycles. The molecule has 2 rings (SSSR count). The molecule has 0 aliphatic rings. The predicted molar refractivity (Wildman–Crippen MR) is 71.2 cm³/mol. The molecule has 0 amide bonds. The fourth-order valence-corrected chi connectivity index (χ4v) is 2.12. The Morgan fingerprint density at radius 1 is 1.17 bits per heavy atom. The molecule has 4 heteroatoms. The Hall–Kier alpha value is -1.39. The molecule has 2 aromatic carbocycles. The quantitative estimate of drug-likeness (QED) is 0.937. The first-order chi connectivity index (χ1) is 8.61. The van der Waals surface area contributed by atoms with Gasteiger partial charge in [-0.1, -0.05) is 28.1 Å². The summed E-state index contributed by atoms with van der Waals surface area (Å²) in [6.45, 7) is 0. The Labute approximate surface area is 113 Å². The molecule has 1 N–H and O–H groups in total. The largest absolute Gasteiger partial charge is 0.496 e. The van der Waals surface area contributed by atoms with Gasteiger partial charge in [0.05, 0.1) is 7.11 Å². The van der Waals surface area contributed by atoms with Crippen LogP contribution in [-0.4, -0.2) is 12.2 Å². The van der Waals surface area contributed by atoms with E-state index in [9.17, 15) is 9.50 Å². The van der Waals surface area contributed by atoms with Gasteiger partial charge in [0.15, 0.2) is 0 Å². The van der Waals surface area contributed by atoms with E-state index in [1.165, 1.54) is 12.1 Å². The topological polar surface area (TPSA) is 29.5 Å². The Morgan fingerprint density at radius 3 is 2.44 bits per heavy atom. The summed E-state index contributed by atoms with van der Waals surface area (Å²) >= 11 is 3.35. The Kier molecular flexibility index (Phi) is 3.99. The van der Waals surface area contributed by atoms with Gasteiger partial charge in [0.25, 0.3) is 0 Å². The van der Waals surface area contributed by atoms with Crippen molar-refractivity contribution in [3.8, 4) is 5.75 Å². The first-order valence-electron chi connectivity index (χ1n) is 5.39. The highest BCUT2D eigenvalue weighted by molar-refractivity contribution is 9.10. The lowest BCUT2D eigenvalue weighted by atomic mass is 10.0. The minimum Gasteiger partial charge on any atom is -0.496 e. The third-order valence-corrected chi connectivity index (χ3v) is 3.17. The van der Waals surface area contributed by atoms with E-state index >= 15 is 0 Å². The lowest BCUT2D eigenvalue weighted by Crippen LogP contribution is -2.02. The molecule has 1 atom stereocenters. The highest BCUT2D eigenvalue weighted by atomic mass is 79.9.